The minimum atomic E-state index is -0.931. The number of ether oxygens (including phenoxy) is 1. The Morgan fingerprint density at radius 1 is 1.00 bits per heavy atom. The van der Waals surface area contributed by atoms with E-state index in [1.807, 2.05) is 42.5 Å². The highest BCUT2D eigenvalue weighted by atomic mass is 35.5. The molecule has 162 valence electrons. The van der Waals surface area contributed by atoms with Crippen LogP contribution >= 0.6 is 11.6 Å². The summed E-state index contributed by atoms with van der Waals surface area (Å²) in [7, 11) is 0. The molecule has 0 unspecified atom stereocenters. The van der Waals surface area contributed by atoms with Crippen molar-refractivity contribution in [3.05, 3.63) is 112 Å². The molecule has 0 spiro atoms. The van der Waals surface area contributed by atoms with Gasteiger partial charge in [0, 0.05) is 11.2 Å². The van der Waals surface area contributed by atoms with Crippen LogP contribution in [0.25, 0.3) is 0 Å². The fourth-order valence-corrected chi connectivity index (χ4v) is 3.35. The van der Waals surface area contributed by atoms with Crippen molar-refractivity contribution in [2.75, 3.05) is 5.32 Å². The van der Waals surface area contributed by atoms with Gasteiger partial charge >= 0.3 is 0 Å². The molecule has 1 amide bonds. The number of carbonyl (C=O) groups is 1. The third kappa shape index (κ3) is 5.12. The van der Waals surface area contributed by atoms with Crippen molar-refractivity contribution in [3.63, 3.8) is 0 Å². The number of para-hydroxylation sites is 1. The average Bonchev–Trinajstić information content (AvgIpc) is 3.21. The molecule has 1 heterocycles. The molecule has 4 rings (SSSR count). The smallest absolute Gasteiger partial charge is 0.261 e. The number of aromatic nitrogens is 2. The van der Waals surface area contributed by atoms with Crippen LogP contribution < -0.4 is 10.1 Å². The van der Waals surface area contributed by atoms with Crippen LogP contribution in [-0.4, -0.2) is 15.7 Å². The van der Waals surface area contributed by atoms with Crippen LogP contribution in [0.5, 0.6) is 5.75 Å². The average molecular weight is 454 g/mol. The van der Waals surface area contributed by atoms with Gasteiger partial charge in [0.1, 0.15) is 29.6 Å². The fraction of sp³-hybridized carbons (Fsp3) is 0.0833. The van der Waals surface area contributed by atoms with Crippen LogP contribution in [0.3, 0.4) is 0 Å². The predicted octanol–water partition coefficient (Wildman–Crippen LogP) is 5.69. The number of anilines is 1. The Hall–Kier alpha value is -3.71. The summed E-state index contributed by atoms with van der Waals surface area (Å²) in [5, 5.41) is 7.28. The molecule has 4 aromatic rings. The molecule has 1 N–H and O–H groups in total. The third-order valence-electron chi connectivity index (χ3n) is 4.72. The molecule has 0 fully saturated rings. The second-order valence-electron chi connectivity index (χ2n) is 6.99. The van der Waals surface area contributed by atoms with Crippen molar-refractivity contribution in [3.8, 4) is 5.75 Å². The Balaban J connectivity index is 1.47. The van der Waals surface area contributed by atoms with Crippen molar-refractivity contribution in [1.82, 2.24) is 9.78 Å². The van der Waals surface area contributed by atoms with Gasteiger partial charge in [-0.1, -0.05) is 41.9 Å². The molecule has 32 heavy (non-hydrogen) atoms. The van der Waals surface area contributed by atoms with Gasteiger partial charge in [0.25, 0.3) is 5.91 Å². The van der Waals surface area contributed by atoms with E-state index < -0.39 is 23.1 Å². The lowest BCUT2D eigenvalue weighted by molar-refractivity contribution is 0.101. The molecule has 0 atom stereocenters. The van der Waals surface area contributed by atoms with E-state index in [0.29, 0.717) is 23.9 Å². The maximum Gasteiger partial charge on any atom is 0.261 e. The second-order valence-corrected chi connectivity index (χ2v) is 7.43. The number of hydrogen-bond donors (Lipinski definition) is 1. The molecule has 3 aromatic carbocycles. The number of nitrogens with one attached hydrogen (secondary N) is 1. The topological polar surface area (TPSA) is 56.2 Å². The molecule has 8 heteroatoms. The first-order chi connectivity index (χ1) is 15.5. The molecular weight excluding hydrogens is 436 g/mol. The third-order valence-corrected chi connectivity index (χ3v) is 4.95. The summed E-state index contributed by atoms with van der Waals surface area (Å²) in [5.74, 6) is -2.01. The van der Waals surface area contributed by atoms with Crippen molar-refractivity contribution in [1.29, 1.82) is 0 Å². The summed E-state index contributed by atoms with van der Waals surface area (Å²) in [6.45, 7) is 0.700. The molecule has 0 aliphatic heterocycles. The highest BCUT2D eigenvalue weighted by Gasteiger charge is 2.17. The maximum atomic E-state index is 13.8. The van der Waals surface area contributed by atoms with Crippen molar-refractivity contribution in [2.45, 2.75) is 13.2 Å². The standard InChI is InChI=1S/C24H18ClF2N3O2/c25-18-10-9-16(17(11-18)15-32-20-5-2-1-3-6-20)13-30-14-19(12-28-30)29-24(31)23-21(26)7-4-8-22(23)27/h1-12,14H,13,15H2,(H,29,31). The summed E-state index contributed by atoms with van der Waals surface area (Å²) in [5.41, 5.74) is 1.48. The predicted molar refractivity (Wildman–Crippen MR) is 118 cm³/mol. The number of halogens is 3. The molecule has 0 saturated heterocycles. The van der Waals surface area contributed by atoms with E-state index >= 15 is 0 Å². The Morgan fingerprint density at radius 3 is 2.50 bits per heavy atom. The largest absolute Gasteiger partial charge is 0.489 e. The van der Waals surface area contributed by atoms with Gasteiger partial charge in [-0.3, -0.25) is 9.48 Å². The van der Waals surface area contributed by atoms with Gasteiger partial charge in [-0.25, -0.2) is 8.78 Å². The number of benzene rings is 3. The highest BCUT2D eigenvalue weighted by Crippen LogP contribution is 2.21. The zero-order valence-corrected chi connectivity index (χ0v) is 17.5. The van der Waals surface area contributed by atoms with E-state index in [9.17, 15) is 13.6 Å². The van der Waals surface area contributed by atoms with Crippen LogP contribution in [0.1, 0.15) is 21.5 Å². The summed E-state index contributed by atoms with van der Waals surface area (Å²) < 4.78 is 35.1. The van der Waals surface area contributed by atoms with E-state index in [1.165, 1.54) is 12.3 Å². The summed E-state index contributed by atoms with van der Waals surface area (Å²) in [6, 6.07) is 18.2. The second kappa shape index (κ2) is 9.62. The lowest BCUT2D eigenvalue weighted by atomic mass is 10.1. The van der Waals surface area contributed by atoms with Gasteiger partial charge < -0.3 is 10.1 Å². The van der Waals surface area contributed by atoms with Gasteiger partial charge in [-0.05, 0) is 47.5 Å². The molecule has 0 radical (unpaired) electrons. The van der Waals surface area contributed by atoms with E-state index in [-0.39, 0.29) is 0 Å². The Labute approximate surface area is 188 Å². The maximum absolute atomic E-state index is 13.8. The molecule has 1 aromatic heterocycles. The van der Waals surface area contributed by atoms with Crippen LogP contribution in [0, 0.1) is 11.6 Å². The minimum Gasteiger partial charge on any atom is -0.489 e. The Morgan fingerprint density at radius 2 is 1.75 bits per heavy atom. The van der Waals surface area contributed by atoms with E-state index in [2.05, 4.69) is 10.4 Å². The number of amides is 1. The van der Waals surface area contributed by atoms with Crippen LogP contribution in [0.4, 0.5) is 14.5 Å². The van der Waals surface area contributed by atoms with Gasteiger partial charge in [-0.15, -0.1) is 0 Å². The monoisotopic (exact) mass is 453 g/mol. The van der Waals surface area contributed by atoms with Crippen molar-refractivity contribution >= 4 is 23.2 Å². The van der Waals surface area contributed by atoms with E-state index in [4.69, 9.17) is 16.3 Å². The van der Waals surface area contributed by atoms with Gasteiger partial charge in [0.05, 0.1) is 18.4 Å². The normalized spacial score (nSPS) is 10.7. The molecular formula is C24H18ClF2N3O2. The lowest BCUT2D eigenvalue weighted by Gasteiger charge is -2.12. The molecule has 0 bridgehead atoms. The molecule has 0 aliphatic rings. The van der Waals surface area contributed by atoms with Crippen molar-refractivity contribution < 1.29 is 18.3 Å². The number of nitrogens with zero attached hydrogens (tertiary/aromatic N) is 2. The first-order valence-corrected chi connectivity index (χ1v) is 10.1. The van der Waals surface area contributed by atoms with Crippen LogP contribution in [0.2, 0.25) is 5.02 Å². The Kier molecular flexibility index (Phi) is 6.47. The summed E-state index contributed by atoms with van der Waals surface area (Å²) in [4.78, 5) is 12.3. The van der Waals surface area contributed by atoms with Crippen LogP contribution in [-0.2, 0) is 13.2 Å². The van der Waals surface area contributed by atoms with E-state index in [1.54, 1.807) is 16.9 Å². The highest BCUT2D eigenvalue weighted by molar-refractivity contribution is 6.30. The summed E-state index contributed by atoms with van der Waals surface area (Å²) >= 11 is 6.16. The zero-order valence-electron chi connectivity index (χ0n) is 16.8. The van der Waals surface area contributed by atoms with Crippen molar-refractivity contribution in [2.24, 2.45) is 0 Å². The molecule has 0 aliphatic carbocycles. The molecule has 0 saturated carbocycles. The lowest BCUT2D eigenvalue weighted by Crippen LogP contribution is -2.15. The van der Waals surface area contributed by atoms with Gasteiger partial charge in [-0.2, -0.15) is 5.10 Å². The first-order valence-electron chi connectivity index (χ1n) is 9.72. The quantitative estimate of drug-likeness (QED) is 0.391. The summed E-state index contributed by atoms with van der Waals surface area (Å²) in [6.07, 6.45) is 2.99. The number of carbonyl (C=O) groups excluding carboxylic acids is 1. The van der Waals surface area contributed by atoms with Gasteiger partial charge in [0.15, 0.2) is 0 Å². The fourth-order valence-electron chi connectivity index (χ4n) is 3.16. The number of hydrogen-bond acceptors (Lipinski definition) is 3. The first kappa shape index (κ1) is 21.5. The minimum absolute atomic E-state index is 0.314. The van der Waals surface area contributed by atoms with Crippen LogP contribution in [0.15, 0.2) is 79.1 Å². The molecule has 5 nitrogen and oxygen atoms in total. The Bertz CT molecular complexity index is 1220. The van der Waals surface area contributed by atoms with Gasteiger partial charge in [0.2, 0.25) is 0 Å². The van der Waals surface area contributed by atoms with E-state index in [0.717, 1.165) is 29.0 Å². The SMILES string of the molecule is O=C(Nc1cnn(Cc2ccc(Cl)cc2COc2ccccc2)c1)c1c(F)cccc1F. The zero-order chi connectivity index (χ0) is 22.5. The number of rotatable bonds is 7.